The molecule has 0 aromatic heterocycles. The van der Waals surface area contributed by atoms with Gasteiger partial charge in [0, 0.05) is 23.3 Å². The van der Waals surface area contributed by atoms with Gasteiger partial charge in [-0.25, -0.2) is 0 Å². The molecule has 1 N–H and O–H groups in total. The summed E-state index contributed by atoms with van der Waals surface area (Å²) in [6, 6.07) is 23.9. The third kappa shape index (κ3) is 5.33. The normalized spacial score (nSPS) is 19.6. The molecule has 0 bridgehead atoms. The maximum absolute atomic E-state index is 13.6. The summed E-state index contributed by atoms with van der Waals surface area (Å²) in [6.45, 7) is 1.01. The van der Waals surface area contributed by atoms with Crippen LogP contribution in [0.15, 0.2) is 78.9 Å². The fraction of sp³-hybridized carbons (Fsp3) is 0.321. The van der Waals surface area contributed by atoms with Gasteiger partial charge in [0.2, 0.25) is 0 Å². The quantitative estimate of drug-likeness (QED) is 0.421. The average Bonchev–Trinajstić information content (AvgIpc) is 3.74. The second-order valence-electron chi connectivity index (χ2n) is 9.36. The van der Waals surface area contributed by atoms with Crippen molar-refractivity contribution >= 4 is 17.3 Å². The van der Waals surface area contributed by atoms with Crippen molar-refractivity contribution in [3.05, 3.63) is 95.6 Å². The predicted molar refractivity (Wildman–Crippen MR) is 127 cm³/mol. The number of anilines is 2. The SMILES string of the molecule is O=C(N(c1ccc(Cc2ccccc2)cc1)c1cccc(C2CC2NCC2CC2)c1)C(F)(F)F. The Morgan fingerprint density at radius 1 is 0.882 bits per heavy atom. The minimum atomic E-state index is -4.98. The number of rotatable bonds is 8. The molecule has 5 rings (SSSR count). The molecule has 3 aromatic carbocycles. The van der Waals surface area contributed by atoms with Gasteiger partial charge in [0.05, 0.1) is 0 Å². The van der Waals surface area contributed by atoms with Crippen molar-refractivity contribution in [2.45, 2.75) is 43.8 Å². The first-order chi connectivity index (χ1) is 16.4. The van der Waals surface area contributed by atoms with E-state index in [-0.39, 0.29) is 17.3 Å². The Morgan fingerprint density at radius 2 is 1.59 bits per heavy atom. The summed E-state index contributed by atoms with van der Waals surface area (Å²) in [5, 5.41) is 3.56. The van der Waals surface area contributed by atoms with E-state index in [1.54, 1.807) is 42.5 Å². The average molecular weight is 465 g/mol. The van der Waals surface area contributed by atoms with Crippen molar-refractivity contribution in [2.24, 2.45) is 5.92 Å². The lowest BCUT2D eigenvalue weighted by Crippen LogP contribution is -2.38. The largest absolute Gasteiger partial charge is 0.472 e. The molecule has 2 aliphatic rings. The first-order valence-corrected chi connectivity index (χ1v) is 11.8. The van der Waals surface area contributed by atoms with E-state index in [0.717, 1.165) is 40.5 Å². The molecule has 2 saturated carbocycles. The molecule has 6 heteroatoms. The highest BCUT2D eigenvalue weighted by atomic mass is 19.4. The van der Waals surface area contributed by atoms with E-state index in [2.05, 4.69) is 5.32 Å². The molecule has 0 spiro atoms. The van der Waals surface area contributed by atoms with Crippen LogP contribution in [-0.4, -0.2) is 24.7 Å². The predicted octanol–water partition coefficient (Wildman–Crippen LogP) is 6.36. The van der Waals surface area contributed by atoms with Crippen LogP contribution < -0.4 is 10.2 Å². The monoisotopic (exact) mass is 464 g/mol. The number of nitrogens with one attached hydrogen (secondary N) is 1. The number of amides is 1. The van der Waals surface area contributed by atoms with Crippen molar-refractivity contribution in [2.75, 3.05) is 11.4 Å². The van der Waals surface area contributed by atoms with E-state index < -0.39 is 12.1 Å². The highest BCUT2D eigenvalue weighted by Gasteiger charge is 2.44. The van der Waals surface area contributed by atoms with Gasteiger partial charge in [0.15, 0.2) is 0 Å². The third-order valence-corrected chi connectivity index (χ3v) is 6.60. The number of carbonyl (C=O) groups is 1. The zero-order chi connectivity index (χ0) is 23.7. The van der Waals surface area contributed by atoms with Gasteiger partial charge in [-0.2, -0.15) is 13.2 Å². The zero-order valence-corrected chi connectivity index (χ0v) is 18.8. The van der Waals surface area contributed by atoms with Crippen LogP contribution in [0.5, 0.6) is 0 Å². The summed E-state index contributed by atoms with van der Waals surface area (Å²) in [7, 11) is 0. The fourth-order valence-corrected chi connectivity index (χ4v) is 4.43. The van der Waals surface area contributed by atoms with Crippen LogP contribution in [0.25, 0.3) is 0 Å². The molecule has 176 valence electrons. The van der Waals surface area contributed by atoms with Crippen LogP contribution in [-0.2, 0) is 11.2 Å². The van der Waals surface area contributed by atoms with Crippen molar-refractivity contribution in [1.29, 1.82) is 0 Å². The van der Waals surface area contributed by atoms with Gasteiger partial charge in [0.1, 0.15) is 0 Å². The van der Waals surface area contributed by atoms with Gasteiger partial charge in [-0.15, -0.1) is 0 Å². The number of hydrogen-bond acceptors (Lipinski definition) is 2. The van der Waals surface area contributed by atoms with E-state index in [4.69, 9.17) is 0 Å². The lowest BCUT2D eigenvalue weighted by atomic mass is 10.0. The Hall–Kier alpha value is -3.12. The Balaban J connectivity index is 1.38. The molecular formula is C28H27F3N2O. The molecule has 3 aromatic rings. The Kier molecular flexibility index (Phi) is 6.17. The summed E-state index contributed by atoms with van der Waals surface area (Å²) in [6.07, 6.45) is -0.790. The second-order valence-corrected chi connectivity index (χ2v) is 9.36. The van der Waals surface area contributed by atoms with Gasteiger partial charge >= 0.3 is 12.1 Å². The molecule has 1 amide bonds. The van der Waals surface area contributed by atoms with Crippen LogP contribution in [0.1, 0.15) is 41.9 Å². The molecule has 2 fully saturated rings. The minimum absolute atomic E-state index is 0.204. The molecule has 2 unspecified atom stereocenters. The molecule has 0 aliphatic heterocycles. The molecule has 3 nitrogen and oxygen atoms in total. The first-order valence-electron chi connectivity index (χ1n) is 11.8. The molecule has 0 radical (unpaired) electrons. The summed E-state index contributed by atoms with van der Waals surface area (Å²) in [5.74, 6) is -0.841. The van der Waals surface area contributed by atoms with Gasteiger partial charge < -0.3 is 5.32 Å². The standard InChI is InChI=1S/C28H27F3N2O/c29-28(30,31)27(34)33(23-13-11-20(12-14-23)15-19-5-2-1-3-6-19)24-8-4-7-22(16-24)25-17-26(25)32-18-21-9-10-21/h1-8,11-14,16,21,25-26,32H,9-10,15,17-18H2. The van der Waals surface area contributed by atoms with Crippen molar-refractivity contribution in [3.63, 3.8) is 0 Å². The van der Waals surface area contributed by atoms with Gasteiger partial charge in [-0.1, -0.05) is 54.6 Å². The van der Waals surface area contributed by atoms with Gasteiger partial charge in [0.25, 0.3) is 0 Å². The number of halogens is 3. The highest BCUT2D eigenvalue weighted by Crippen LogP contribution is 2.43. The number of benzene rings is 3. The summed E-state index contributed by atoms with van der Waals surface area (Å²) < 4.78 is 40.7. The fourth-order valence-electron chi connectivity index (χ4n) is 4.43. The summed E-state index contributed by atoms with van der Waals surface area (Å²) in [4.78, 5) is 13.3. The first kappa shape index (κ1) is 22.7. The maximum atomic E-state index is 13.6. The Bertz CT molecular complexity index is 1140. The molecular weight excluding hydrogens is 437 g/mol. The van der Waals surface area contributed by atoms with Crippen LogP contribution in [0, 0.1) is 5.92 Å². The molecule has 2 aliphatic carbocycles. The van der Waals surface area contributed by atoms with Crippen LogP contribution in [0.4, 0.5) is 24.5 Å². The van der Waals surface area contributed by atoms with Crippen molar-refractivity contribution in [1.82, 2.24) is 5.32 Å². The summed E-state index contributed by atoms with van der Waals surface area (Å²) >= 11 is 0. The number of alkyl halides is 3. The number of nitrogens with zero attached hydrogens (tertiary/aromatic N) is 1. The van der Waals surface area contributed by atoms with Crippen LogP contribution in [0.2, 0.25) is 0 Å². The molecule has 34 heavy (non-hydrogen) atoms. The van der Waals surface area contributed by atoms with E-state index in [9.17, 15) is 18.0 Å². The maximum Gasteiger partial charge on any atom is 0.472 e. The van der Waals surface area contributed by atoms with Crippen molar-refractivity contribution in [3.8, 4) is 0 Å². The van der Waals surface area contributed by atoms with Crippen LogP contribution in [0.3, 0.4) is 0 Å². The minimum Gasteiger partial charge on any atom is -0.313 e. The van der Waals surface area contributed by atoms with E-state index >= 15 is 0 Å². The van der Waals surface area contributed by atoms with Crippen molar-refractivity contribution < 1.29 is 18.0 Å². The van der Waals surface area contributed by atoms with Gasteiger partial charge in [-0.05, 0) is 79.1 Å². The topological polar surface area (TPSA) is 32.3 Å². The smallest absolute Gasteiger partial charge is 0.313 e. The van der Waals surface area contributed by atoms with E-state index in [1.165, 1.54) is 12.8 Å². The summed E-state index contributed by atoms with van der Waals surface area (Å²) in [5.41, 5.74) is 3.48. The lowest BCUT2D eigenvalue weighted by molar-refractivity contribution is -0.169. The second kappa shape index (κ2) is 9.26. The number of hydrogen-bond donors (Lipinski definition) is 1. The third-order valence-electron chi connectivity index (χ3n) is 6.60. The Labute approximate surface area is 197 Å². The highest BCUT2D eigenvalue weighted by molar-refractivity contribution is 6.03. The number of carbonyl (C=O) groups excluding carboxylic acids is 1. The molecule has 2 atom stereocenters. The zero-order valence-electron chi connectivity index (χ0n) is 18.8. The van der Waals surface area contributed by atoms with Crippen LogP contribution >= 0.6 is 0 Å². The Morgan fingerprint density at radius 3 is 2.26 bits per heavy atom. The molecule has 0 saturated heterocycles. The molecule has 0 heterocycles. The lowest BCUT2D eigenvalue weighted by Gasteiger charge is -2.25. The van der Waals surface area contributed by atoms with Gasteiger partial charge in [-0.3, -0.25) is 9.69 Å². The van der Waals surface area contributed by atoms with E-state index in [0.29, 0.717) is 12.5 Å². The van der Waals surface area contributed by atoms with E-state index in [1.807, 2.05) is 36.4 Å².